The number of hydrogen-bond donors (Lipinski definition) is 1. The number of carbonyl (C=O) groups excluding carboxylic acids is 2. The van der Waals surface area contributed by atoms with Gasteiger partial charge in [-0.25, -0.2) is 0 Å². The molecule has 0 aromatic heterocycles. The molecule has 1 unspecified atom stereocenters. The molecule has 31 heavy (non-hydrogen) atoms. The van der Waals surface area contributed by atoms with Gasteiger partial charge in [0.15, 0.2) is 6.61 Å². The lowest BCUT2D eigenvalue weighted by Crippen LogP contribution is -2.49. The topological polar surface area (TPSA) is 58.6 Å². The van der Waals surface area contributed by atoms with Crippen molar-refractivity contribution in [2.75, 3.05) is 13.2 Å². The zero-order valence-corrected chi connectivity index (χ0v) is 20.2. The zero-order chi connectivity index (χ0) is 23.1. The number of amides is 2. The standard InChI is InChI=1S/C24H30Cl2N2O3/c1-15(2)12-27-24(30)18(5)28(13-19-7-8-20(25)11-22(19)26)23(29)14-31-21-9-6-16(3)17(4)10-21/h6-11,15,18H,12-14H2,1-5H3,(H,27,30). The highest BCUT2D eigenvalue weighted by molar-refractivity contribution is 6.35. The second-order valence-electron chi connectivity index (χ2n) is 8.11. The molecule has 0 radical (unpaired) electrons. The first-order valence-corrected chi connectivity index (χ1v) is 11.0. The third-order valence-corrected chi connectivity index (χ3v) is 5.64. The Balaban J connectivity index is 2.19. The van der Waals surface area contributed by atoms with E-state index in [1.54, 1.807) is 25.1 Å². The van der Waals surface area contributed by atoms with Crippen LogP contribution < -0.4 is 10.1 Å². The van der Waals surface area contributed by atoms with Gasteiger partial charge < -0.3 is 15.0 Å². The maximum Gasteiger partial charge on any atom is 0.261 e. The van der Waals surface area contributed by atoms with E-state index in [1.807, 2.05) is 45.9 Å². The van der Waals surface area contributed by atoms with E-state index >= 15 is 0 Å². The fraction of sp³-hybridized carbons (Fsp3) is 0.417. The summed E-state index contributed by atoms with van der Waals surface area (Å²) in [5, 5.41) is 3.83. The Hall–Kier alpha value is -2.24. The molecule has 2 aromatic rings. The molecular formula is C24H30Cl2N2O3. The summed E-state index contributed by atoms with van der Waals surface area (Å²) in [4.78, 5) is 27.2. The normalized spacial score (nSPS) is 11.9. The number of nitrogens with zero attached hydrogens (tertiary/aromatic N) is 1. The number of benzene rings is 2. The van der Waals surface area contributed by atoms with Gasteiger partial charge in [0, 0.05) is 23.1 Å². The van der Waals surface area contributed by atoms with Crippen LogP contribution in [-0.4, -0.2) is 35.9 Å². The second-order valence-corrected chi connectivity index (χ2v) is 8.95. The maximum absolute atomic E-state index is 13.1. The van der Waals surface area contributed by atoms with E-state index in [9.17, 15) is 9.59 Å². The highest BCUT2D eigenvalue weighted by Gasteiger charge is 2.27. The summed E-state index contributed by atoms with van der Waals surface area (Å²) < 4.78 is 5.72. The van der Waals surface area contributed by atoms with E-state index in [-0.39, 0.29) is 25.0 Å². The largest absolute Gasteiger partial charge is 0.484 e. The van der Waals surface area contributed by atoms with Crippen molar-refractivity contribution < 1.29 is 14.3 Å². The molecule has 168 valence electrons. The predicted octanol–water partition coefficient (Wildman–Crippen LogP) is 5.18. The number of hydrogen-bond acceptors (Lipinski definition) is 3. The molecule has 1 atom stereocenters. The Morgan fingerprint density at radius 3 is 2.35 bits per heavy atom. The Morgan fingerprint density at radius 1 is 1.03 bits per heavy atom. The molecule has 0 aliphatic rings. The molecular weight excluding hydrogens is 435 g/mol. The number of carbonyl (C=O) groups is 2. The third-order valence-electron chi connectivity index (χ3n) is 5.05. The van der Waals surface area contributed by atoms with Crippen LogP contribution in [0.2, 0.25) is 10.0 Å². The molecule has 5 nitrogen and oxygen atoms in total. The van der Waals surface area contributed by atoms with Crippen LogP contribution in [0.1, 0.15) is 37.5 Å². The van der Waals surface area contributed by atoms with Crippen molar-refractivity contribution in [2.24, 2.45) is 5.92 Å². The number of ether oxygens (including phenoxy) is 1. The van der Waals surface area contributed by atoms with E-state index in [0.29, 0.717) is 33.8 Å². The first-order chi connectivity index (χ1) is 14.6. The van der Waals surface area contributed by atoms with Crippen LogP contribution in [-0.2, 0) is 16.1 Å². The Kier molecular flexibility index (Phi) is 9.20. The fourth-order valence-corrected chi connectivity index (χ4v) is 3.37. The molecule has 2 rings (SSSR count). The van der Waals surface area contributed by atoms with Gasteiger partial charge in [-0.3, -0.25) is 9.59 Å². The number of rotatable bonds is 9. The van der Waals surface area contributed by atoms with Crippen molar-refractivity contribution >= 4 is 35.0 Å². The van der Waals surface area contributed by atoms with Gasteiger partial charge in [0.05, 0.1) is 0 Å². The summed E-state index contributed by atoms with van der Waals surface area (Å²) >= 11 is 12.3. The Labute approximate surface area is 194 Å². The summed E-state index contributed by atoms with van der Waals surface area (Å²) in [6.45, 7) is 10.2. The number of nitrogens with one attached hydrogen (secondary N) is 1. The van der Waals surface area contributed by atoms with Crippen LogP contribution in [0.15, 0.2) is 36.4 Å². The van der Waals surface area contributed by atoms with E-state index in [2.05, 4.69) is 5.32 Å². The van der Waals surface area contributed by atoms with Gasteiger partial charge in [0.25, 0.3) is 5.91 Å². The minimum atomic E-state index is -0.693. The minimum Gasteiger partial charge on any atom is -0.484 e. The van der Waals surface area contributed by atoms with Crippen molar-refractivity contribution in [3.05, 3.63) is 63.1 Å². The monoisotopic (exact) mass is 464 g/mol. The zero-order valence-electron chi connectivity index (χ0n) is 18.7. The molecule has 2 amide bonds. The lowest BCUT2D eigenvalue weighted by molar-refractivity contribution is -0.142. The van der Waals surface area contributed by atoms with Crippen LogP contribution in [0.4, 0.5) is 0 Å². The summed E-state index contributed by atoms with van der Waals surface area (Å²) in [5.41, 5.74) is 2.93. The van der Waals surface area contributed by atoms with E-state index in [4.69, 9.17) is 27.9 Å². The average molecular weight is 465 g/mol. The molecule has 0 heterocycles. The van der Waals surface area contributed by atoms with E-state index < -0.39 is 6.04 Å². The average Bonchev–Trinajstić information content (AvgIpc) is 2.71. The van der Waals surface area contributed by atoms with Crippen LogP contribution in [0.5, 0.6) is 5.75 Å². The lowest BCUT2D eigenvalue weighted by atomic mass is 10.1. The minimum absolute atomic E-state index is 0.168. The van der Waals surface area contributed by atoms with Gasteiger partial charge in [0.2, 0.25) is 5.91 Å². The molecule has 1 N–H and O–H groups in total. The van der Waals surface area contributed by atoms with E-state index in [0.717, 1.165) is 11.1 Å². The van der Waals surface area contributed by atoms with Crippen LogP contribution in [0, 0.1) is 19.8 Å². The third kappa shape index (κ3) is 7.44. The molecule has 0 saturated carbocycles. The Bertz CT molecular complexity index is 931. The van der Waals surface area contributed by atoms with Gasteiger partial charge in [-0.2, -0.15) is 0 Å². The van der Waals surface area contributed by atoms with Gasteiger partial charge in [-0.1, -0.05) is 49.2 Å². The van der Waals surface area contributed by atoms with Gasteiger partial charge in [-0.15, -0.1) is 0 Å². The highest BCUT2D eigenvalue weighted by Crippen LogP contribution is 2.23. The molecule has 0 saturated heterocycles. The lowest BCUT2D eigenvalue weighted by Gasteiger charge is -2.29. The van der Waals surface area contributed by atoms with Crippen LogP contribution >= 0.6 is 23.2 Å². The van der Waals surface area contributed by atoms with Gasteiger partial charge in [-0.05, 0) is 67.6 Å². The molecule has 0 aliphatic carbocycles. The van der Waals surface area contributed by atoms with Crippen molar-refractivity contribution in [2.45, 2.75) is 47.2 Å². The van der Waals surface area contributed by atoms with Crippen molar-refractivity contribution in [1.29, 1.82) is 0 Å². The smallest absolute Gasteiger partial charge is 0.261 e. The molecule has 0 fully saturated rings. The molecule has 0 bridgehead atoms. The highest BCUT2D eigenvalue weighted by atomic mass is 35.5. The summed E-state index contributed by atoms with van der Waals surface area (Å²) in [6.07, 6.45) is 0. The molecule has 0 aliphatic heterocycles. The van der Waals surface area contributed by atoms with Crippen molar-refractivity contribution in [3.8, 4) is 5.75 Å². The first-order valence-electron chi connectivity index (χ1n) is 10.3. The van der Waals surface area contributed by atoms with Crippen LogP contribution in [0.3, 0.4) is 0 Å². The summed E-state index contributed by atoms with van der Waals surface area (Å²) in [5.74, 6) is 0.381. The number of halogens is 2. The summed E-state index contributed by atoms with van der Waals surface area (Å²) in [6, 6.07) is 10.1. The van der Waals surface area contributed by atoms with Crippen molar-refractivity contribution in [1.82, 2.24) is 10.2 Å². The van der Waals surface area contributed by atoms with Gasteiger partial charge >= 0.3 is 0 Å². The fourth-order valence-electron chi connectivity index (χ4n) is 2.90. The quantitative estimate of drug-likeness (QED) is 0.555. The summed E-state index contributed by atoms with van der Waals surface area (Å²) in [7, 11) is 0. The SMILES string of the molecule is Cc1ccc(OCC(=O)N(Cc2ccc(Cl)cc2Cl)C(C)C(=O)NCC(C)C)cc1C. The first kappa shape index (κ1) is 25.0. The molecule has 0 spiro atoms. The predicted molar refractivity (Wildman–Crippen MR) is 126 cm³/mol. The van der Waals surface area contributed by atoms with Gasteiger partial charge in [0.1, 0.15) is 11.8 Å². The number of aryl methyl sites for hydroxylation is 2. The maximum atomic E-state index is 13.1. The second kappa shape index (κ2) is 11.4. The van der Waals surface area contributed by atoms with Crippen LogP contribution in [0.25, 0.3) is 0 Å². The molecule has 7 heteroatoms. The Morgan fingerprint density at radius 2 is 1.74 bits per heavy atom. The molecule has 2 aromatic carbocycles. The van der Waals surface area contributed by atoms with Crippen molar-refractivity contribution in [3.63, 3.8) is 0 Å². The van der Waals surface area contributed by atoms with E-state index in [1.165, 1.54) is 4.90 Å².